The van der Waals surface area contributed by atoms with Gasteiger partial charge in [0.1, 0.15) is 24.1 Å². The summed E-state index contributed by atoms with van der Waals surface area (Å²) in [6.07, 6.45) is -0.902. The van der Waals surface area contributed by atoms with E-state index in [9.17, 15) is 9.59 Å². The Morgan fingerprint density at radius 2 is 2.05 bits per heavy atom. The maximum absolute atomic E-state index is 11.9. The molecule has 0 unspecified atom stereocenters. The van der Waals surface area contributed by atoms with Crippen LogP contribution in [0.3, 0.4) is 0 Å². The van der Waals surface area contributed by atoms with Crippen molar-refractivity contribution in [1.82, 2.24) is 10.0 Å². The number of rotatable bonds is 2. The molecule has 1 aliphatic rings. The van der Waals surface area contributed by atoms with Gasteiger partial charge in [-0.2, -0.15) is 5.10 Å². The Morgan fingerprint density at radius 3 is 2.55 bits per heavy atom. The van der Waals surface area contributed by atoms with Gasteiger partial charge < -0.3 is 9.57 Å². The Kier molecular flexibility index (Phi) is 4.66. The molecule has 3 amide bonds. The van der Waals surface area contributed by atoms with Crippen molar-refractivity contribution < 1.29 is 19.2 Å². The van der Waals surface area contributed by atoms with E-state index in [-0.39, 0.29) is 6.54 Å². The molecule has 0 radical (unpaired) electrons. The van der Waals surface area contributed by atoms with Crippen molar-refractivity contribution >= 4 is 23.5 Å². The van der Waals surface area contributed by atoms with E-state index in [0.29, 0.717) is 16.4 Å². The molecular weight excluding hydrogens is 266 g/mol. The van der Waals surface area contributed by atoms with Crippen molar-refractivity contribution in [3.8, 4) is 0 Å². The quantitative estimate of drug-likeness (QED) is 0.351. The second kappa shape index (κ2) is 5.87. The minimum absolute atomic E-state index is 0.0246. The SMILES string of the molecule is CON=C(C)C1=NN(C(=O)OC(C)(C)C)C(=O)N(N)C1. The summed E-state index contributed by atoms with van der Waals surface area (Å²) < 4.78 is 5.09. The minimum Gasteiger partial charge on any atom is -0.442 e. The molecule has 0 saturated heterocycles. The number of imide groups is 1. The summed E-state index contributed by atoms with van der Waals surface area (Å²) in [5, 5.41) is 9.02. The maximum atomic E-state index is 11.9. The molecule has 0 atom stereocenters. The van der Waals surface area contributed by atoms with Crippen molar-refractivity contribution in [2.75, 3.05) is 13.7 Å². The zero-order chi connectivity index (χ0) is 15.5. The van der Waals surface area contributed by atoms with Crippen LogP contribution in [0.4, 0.5) is 9.59 Å². The van der Waals surface area contributed by atoms with Crippen LogP contribution >= 0.6 is 0 Å². The maximum Gasteiger partial charge on any atom is 0.439 e. The lowest BCUT2D eigenvalue weighted by Gasteiger charge is -2.30. The van der Waals surface area contributed by atoms with Crippen molar-refractivity contribution in [3.05, 3.63) is 0 Å². The molecule has 20 heavy (non-hydrogen) atoms. The second-order valence-electron chi connectivity index (χ2n) is 5.11. The highest BCUT2D eigenvalue weighted by Gasteiger charge is 2.34. The van der Waals surface area contributed by atoms with E-state index in [2.05, 4.69) is 15.1 Å². The van der Waals surface area contributed by atoms with Gasteiger partial charge in [-0.25, -0.2) is 15.4 Å². The Hall–Kier alpha value is -2.16. The summed E-state index contributed by atoms with van der Waals surface area (Å²) in [5.74, 6) is 5.55. The van der Waals surface area contributed by atoms with Gasteiger partial charge in [0, 0.05) is 0 Å². The fourth-order valence-electron chi connectivity index (χ4n) is 1.35. The molecule has 0 aromatic carbocycles. The lowest BCUT2D eigenvalue weighted by atomic mass is 10.2. The highest BCUT2D eigenvalue weighted by molar-refractivity contribution is 6.42. The van der Waals surface area contributed by atoms with E-state index in [4.69, 9.17) is 10.6 Å². The number of nitrogens with two attached hydrogens (primary N) is 1. The summed E-state index contributed by atoms with van der Waals surface area (Å²) in [7, 11) is 1.38. The van der Waals surface area contributed by atoms with E-state index in [1.54, 1.807) is 27.7 Å². The fraction of sp³-hybridized carbons (Fsp3) is 0.636. The summed E-state index contributed by atoms with van der Waals surface area (Å²) in [6.45, 7) is 6.70. The molecular formula is C11H19N5O4. The average molecular weight is 285 g/mol. The van der Waals surface area contributed by atoms with Gasteiger partial charge in [0.05, 0.1) is 6.54 Å². The monoisotopic (exact) mass is 285 g/mol. The number of hydrogen-bond acceptors (Lipinski definition) is 7. The fourth-order valence-corrected chi connectivity index (χ4v) is 1.35. The van der Waals surface area contributed by atoms with Crippen LogP contribution in [0.2, 0.25) is 0 Å². The van der Waals surface area contributed by atoms with E-state index < -0.39 is 17.7 Å². The summed E-state index contributed by atoms with van der Waals surface area (Å²) >= 11 is 0. The standard InChI is InChI=1S/C11H19N5O4/c1-7(14-19-5)8-6-15(12)9(17)16(13-8)10(18)20-11(2,3)4/h6,12H2,1-5H3. The zero-order valence-electron chi connectivity index (χ0n) is 12.2. The van der Waals surface area contributed by atoms with Crippen LogP contribution in [0.5, 0.6) is 0 Å². The predicted octanol–water partition coefficient (Wildman–Crippen LogP) is 0.911. The molecule has 0 saturated carbocycles. The number of carbonyl (C=O) groups is 2. The molecule has 112 valence electrons. The van der Waals surface area contributed by atoms with Gasteiger partial charge in [-0.3, -0.25) is 5.01 Å². The molecule has 9 heteroatoms. The number of amides is 3. The molecule has 1 aliphatic heterocycles. The normalized spacial score (nSPS) is 17.0. The first-order valence-corrected chi connectivity index (χ1v) is 5.90. The molecule has 0 aromatic heterocycles. The van der Waals surface area contributed by atoms with Crippen molar-refractivity contribution in [2.45, 2.75) is 33.3 Å². The number of hydrazone groups is 1. The minimum atomic E-state index is -0.902. The molecule has 2 N–H and O–H groups in total. The van der Waals surface area contributed by atoms with Crippen LogP contribution in [0.1, 0.15) is 27.7 Å². The lowest BCUT2D eigenvalue weighted by Crippen LogP contribution is -2.55. The number of urea groups is 1. The first-order chi connectivity index (χ1) is 9.15. The van der Waals surface area contributed by atoms with E-state index in [1.165, 1.54) is 7.11 Å². The van der Waals surface area contributed by atoms with Crippen molar-refractivity contribution in [2.24, 2.45) is 16.1 Å². The van der Waals surface area contributed by atoms with Gasteiger partial charge in [-0.1, -0.05) is 5.16 Å². The summed E-state index contributed by atoms with van der Waals surface area (Å²) in [6, 6.07) is -0.770. The Balaban J connectivity index is 3.03. The third kappa shape index (κ3) is 3.92. The summed E-state index contributed by atoms with van der Waals surface area (Å²) in [4.78, 5) is 28.4. The van der Waals surface area contributed by atoms with E-state index in [1.807, 2.05) is 0 Å². The Morgan fingerprint density at radius 1 is 1.45 bits per heavy atom. The van der Waals surface area contributed by atoms with Gasteiger partial charge in [0.25, 0.3) is 0 Å². The highest BCUT2D eigenvalue weighted by atomic mass is 16.6. The molecule has 1 heterocycles. The first kappa shape index (κ1) is 15.9. The Labute approximate surface area is 116 Å². The summed E-state index contributed by atoms with van der Waals surface area (Å²) in [5.41, 5.74) is -0.0108. The van der Waals surface area contributed by atoms with E-state index in [0.717, 1.165) is 5.01 Å². The third-order valence-corrected chi connectivity index (χ3v) is 2.18. The van der Waals surface area contributed by atoms with Gasteiger partial charge in [0.15, 0.2) is 0 Å². The van der Waals surface area contributed by atoms with Gasteiger partial charge in [0.2, 0.25) is 0 Å². The number of hydrazine groups is 1. The van der Waals surface area contributed by atoms with Gasteiger partial charge >= 0.3 is 12.1 Å². The third-order valence-electron chi connectivity index (χ3n) is 2.18. The molecule has 0 spiro atoms. The zero-order valence-corrected chi connectivity index (χ0v) is 12.2. The molecule has 1 rings (SSSR count). The van der Waals surface area contributed by atoms with Crippen LogP contribution < -0.4 is 5.84 Å². The van der Waals surface area contributed by atoms with Gasteiger partial charge in [-0.15, -0.1) is 5.01 Å². The van der Waals surface area contributed by atoms with Crippen LogP contribution in [-0.4, -0.2) is 52.8 Å². The number of nitrogens with zero attached hydrogens (tertiary/aromatic N) is 4. The second-order valence-corrected chi connectivity index (χ2v) is 5.11. The number of ether oxygens (including phenoxy) is 1. The largest absolute Gasteiger partial charge is 0.442 e. The van der Waals surface area contributed by atoms with Crippen LogP contribution in [0.15, 0.2) is 10.3 Å². The molecule has 9 nitrogen and oxygen atoms in total. The molecule has 0 fully saturated rings. The molecule has 0 bridgehead atoms. The van der Waals surface area contributed by atoms with Crippen LogP contribution in [0, 0.1) is 0 Å². The lowest BCUT2D eigenvalue weighted by molar-refractivity contribution is 0.0280. The smallest absolute Gasteiger partial charge is 0.439 e. The molecule has 0 aliphatic carbocycles. The Bertz CT molecular complexity index is 466. The van der Waals surface area contributed by atoms with Gasteiger partial charge in [-0.05, 0) is 27.7 Å². The number of carbonyl (C=O) groups excluding carboxylic acids is 2. The van der Waals surface area contributed by atoms with E-state index >= 15 is 0 Å². The van der Waals surface area contributed by atoms with Crippen molar-refractivity contribution in [1.29, 1.82) is 0 Å². The van der Waals surface area contributed by atoms with Crippen molar-refractivity contribution in [3.63, 3.8) is 0 Å². The first-order valence-electron chi connectivity index (χ1n) is 5.90. The highest BCUT2D eigenvalue weighted by Crippen LogP contribution is 2.13. The molecule has 0 aromatic rings. The number of hydrogen-bond donors (Lipinski definition) is 1. The van der Waals surface area contributed by atoms with Crippen LogP contribution in [-0.2, 0) is 9.57 Å². The average Bonchev–Trinajstić information content (AvgIpc) is 2.30. The number of oxime groups is 1. The van der Waals surface area contributed by atoms with Crippen LogP contribution in [0.25, 0.3) is 0 Å². The topological polar surface area (TPSA) is 110 Å². The predicted molar refractivity (Wildman–Crippen MR) is 71.9 cm³/mol.